The molecule has 0 fully saturated rings. The van der Waals surface area contributed by atoms with Crippen molar-refractivity contribution in [3.05, 3.63) is 39.6 Å². The summed E-state index contributed by atoms with van der Waals surface area (Å²) < 4.78 is 5.73. The lowest BCUT2D eigenvalue weighted by molar-refractivity contribution is 0.103. The van der Waals surface area contributed by atoms with Crippen LogP contribution in [0, 0.1) is 0 Å². The Hall–Kier alpha value is -2.65. The molecule has 26 heavy (non-hydrogen) atoms. The first-order chi connectivity index (χ1) is 12.3. The molecule has 132 valence electrons. The van der Waals surface area contributed by atoms with Crippen LogP contribution in [0.5, 0.6) is 23.0 Å². The number of aliphatic hydroxyl groups is 1. The Kier molecular flexibility index (Phi) is 4.60. The lowest BCUT2D eigenvalue weighted by Crippen LogP contribution is -2.11. The van der Waals surface area contributed by atoms with Crippen LogP contribution >= 0.6 is 15.9 Å². The highest BCUT2D eigenvalue weighted by molar-refractivity contribution is 9.10. The number of phenolic OH excluding ortho intramolecular Hbond substituents is 4. The van der Waals surface area contributed by atoms with E-state index in [0.717, 1.165) is 0 Å². The Bertz CT molecular complexity index is 1040. The third-order valence-corrected chi connectivity index (χ3v) is 4.58. The van der Waals surface area contributed by atoms with Gasteiger partial charge in [0.25, 0.3) is 0 Å². The number of benzene rings is 2. The summed E-state index contributed by atoms with van der Waals surface area (Å²) in [6.07, 6.45) is -0.0601. The van der Waals surface area contributed by atoms with Crippen molar-refractivity contribution in [2.24, 2.45) is 0 Å². The molecule has 9 heteroatoms. The minimum absolute atomic E-state index is 0.0312. The van der Waals surface area contributed by atoms with Crippen LogP contribution in [0.1, 0.15) is 21.7 Å². The topological polar surface area (TPSA) is 131 Å². The van der Waals surface area contributed by atoms with Gasteiger partial charge in [0, 0.05) is 17.4 Å². The van der Waals surface area contributed by atoms with Crippen LogP contribution in [0.2, 0.25) is 0 Å². The van der Waals surface area contributed by atoms with E-state index in [1.807, 2.05) is 0 Å². The van der Waals surface area contributed by atoms with Crippen LogP contribution in [0.25, 0.3) is 11.0 Å². The summed E-state index contributed by atoms with van der Waals surface area (Å²) >= 11 is 3.12. The van der Waals surface area contributed by atoms with Gasteiger partial charge in [0.1, 0.15) is 19.4 Å². The number of carbonyl (C=O) groups is 1. The number of carbonyl (C=O) groups excluding carboxylic acids is 1. The molecule has 0 aliphatic rings. The van der Waals surface area contributed by atoms with Crippen LogP contribution in [-0.2, 0) is 6.42 Å². The van der Waals surface area contributed by atoms with E-state index in [2.05, 4.69) is 15.9 Å². The standard InChI is InChI=1S/C17H12BBrO7/c18-12-11-10(13(22)6-1-2-8(21)7(19)5-6)9(3-4-20)26-17(11)16(25)15(24)14(12)23/h1-2,5,20-21,23-25H,3-4H2. The van der Waals surface area contributed by atoms with Gasteiger partial charge in [0.05, 0.1) is 16.6 Å². The number of aliphatic hydroxyl groups excluding tert-OH is 1. The van der Waals surface area contributed by atoms with Crippen LogP contribution in [0.15, 0.2) is 27.1 Å². The second kappa shape index (κ2) is 6.58. The van der Waals surface area contributed by atoms with Gasteiger partial charge in [0.15, 0.2) is 17.1 Å². The zero-order valence-corrected chi connectivity index (χ0v) is 14.7. The lowest BCUT2D eigenvalue weighted by atomic mass is 9.86. The molecule has 2 aromatic carbocycles. The van der Waals surface area contributed by atoms with Crippen LogP contribution in [0.3, 0.4) is 0 Å². The van der Waals surface area contributed by atoms with Gasteiger partial charge >= 0.3 is 0 Å². The quantitative estimate of drug-likeness (QED) is 0.247. The molecule has 7 nitrogen and oxygen atoms in total. The molecule has 2 radical (unpaired) electrons. The molecular formula is C17H12BBrO7. The zero-order valence-electron chi connectivity index (χ0n) is 13.2. The Morgan fingerprint density at radius 1 is 1.12 bits per heavy atom. The summed E-state index contributed by atoms with van der Waals surface area (Å²) in [5.41, 5.74) is -0.510. The summed E-state index contributed by atoms with van der Waals surface area (Å²) in [5, 5.41) is 48.4. The molecule has 5 N–H and O–H groups in total. The number of rotatable bonds is 4. The van der Waals surface area contributed by atoms with Gasteiger partial charge in [-0.2, -0.15) is 0 Å². The second-order valence-electron chi connectivity index (χ2n) is 5.53. The normalized spacial score (nSPS) is 11.2. The number of fused-ring (bicyclic) bond motifs is 1. The number of furan rings is 1. The minimum atomic E-state index is -0.870. The van der Waals surface area contributed by atoms with Crippen molar-refractivity contribution in [1.29, 1.82) is 0 Å². The summed E-state index contributed by atoms with van der Waals surface area (Å²) in [4.78, 5) is 13.0. The molecule has 0 bridgehead atoms. The first-order valence-corrected chi connectivity index (χ1v) is 8.19. The van der Waals surface area contributed by atoms with Gasteiger partial charge in [0.2, 0.25) is 11.5 Å². The summed E-state index contributed by atoms with van der Waals surface area (Å²) in [5.74, 6) is -3.02. The van der Waals surface area contributed by atoms with Gasteiger partial charge in [-0.1, -0.05) is 0 Å². The van der Waals surface area contributed by atoms with Gasteiger partial charge in [-0.05, 0) is 39.6 Å². The maximum atomic E-state index is 13.0. The smallest absolute Gasteiger partial charge is 0.205 e. The first kappa shape index (κ1) is 18.2. The molecular weight excluding hydrogens is 407 g/mol. The predicted molar refractivity (Wildman–Crippen MR) is 96.6 cm³/mol. The highest BCUT2D eigenvalue weighted by Gasteiger charge is 2.28. The Morgan fingerprint density at radius 3 is 2.42 bits per heavy atom. The van der Waals surface area contributed by atoms with Gasteiger partial charge in [-0.3, -0.25) is 4.79 Å². The van der Waals surface area contributed by atoms with Gasteiger partial charge in [-0.25, -0.2) is 0 Å². The minimum Gasteiger partial charge on any atom is -0.507 e. The maximum absolute atomic E-state index is 13.0. The third kappa shape index (κ3) is 2.69. The number of hydrogen-bond donors (Lipinski definition) is 5. The van der Waals surface area contributed by atoms with Crippen molar-refractivity contribution in [3.8, 4) is 23.0 Å². The van der Waals surface area contributed by atoms with E-state index in [9.17, 15) is 30.3 Å². The summed E-state index contributed by atoms with van der Waals surface area (Å²) in [7, 11) is 5.82. The van der Waals surface area contributed by atoms with Crippen molar-refractivity contribution >= 4 is 46.0 Å². The predicted octanol–water partition coefficient (Wildman–Crippen LogP) is 1.58. The average molecular weight is 419 g/mol. The molecule has 1 aromatic heterocycles. The fourth-order valence-corrected chi connectivity index (χ4v) is 3.06. The van der Waals surface area contributed by atoms with Crippen LogP contribution in [-0.4, -0.2) is 45.8 Å². The molecule has 3 aromatic rings. The van der Waals surface area contributed by atoms with E-state index >= 15 is 0 Å². The van der Waals surface area contributed by atoms with E-state index in [1.54, 1.807) is 0 Å². The Labute approximate surface area is 156 Å². The van der Waals surface area contributed by atoms with Crippen molar-refractivity contribution in [2.75, 3.05) is 6.61 Å². The summed E-state index contributed by atoms with van der Waals surface area (Å²) in [6, 6.07) is 4.07. The molecule has 0 aliphatic heterocycles. The maximum Gasteiger partial charge on any atom is 0.205 e. The monoisotopic (exact) mass is 418 g/mol. The number of halogens is 1. The average Bonchev–Trinajstić information content (AvgIpc) is 2.99. The fourth-order valence-electron chi connectivity index (χ4n) is 2.68. The molecule has 0 aliphatic carbocycles. The molecule has 0 atom stereocenters. The third-order valence-electron chi connectivity index (χ3n) is 3.95. The van der Waals surface area contributed by atoms with E-state index in [-0.39, 0.29) is 56.6 Å². The summed E-state index contributed by atoms with van der Waals surface area (Å²) in [6.45, 7) is -0.349. The zero-order chi connectivity index (χ0) is 19.2. The van der Waals surface area contributed by atoms with Crippen LogP contribution < -0.4 is 5.46 Å². The molecule has 1 heterocycles. The number of phenols is 4. The van der Waals surface area contributed by atoms with Gasteiger partial charge in [-0.15, -0.1) is 0 Å². The first-order valence-electron chi connectivity index (χ1n) is 7.39. The van der Waals surface area contributed by atoms with E-state index in [1.165, 1.54) is 18.2 Å². The fraction of sp³-hybridized carbons (Fsp3) is 0.118. The molecule has 0 unspecified atom stereocenters. The van der Waals surface area contributed by atoms with Crippen molar-refractivity contribution in [2.45, 2.75) is 6.42 Å². The van der Waals surface area contributed by atoms with E-state index in [4.69, 9.17) is 12.3 Å². The van der Waals surface area contributed by atoms with Crippen molar-refractivity contribution < 1.29 is 34.7 Å². The molecule has 0 spiro atoms. The SMILES string of the molecule is [B]c1c(O)c(O)c(O)c2oc(CCO)c(C(=O)c3ccc(O)c(Br)c3)c12. The van der Waals surface area contributed by atoms with Gasteiger partial charge < -0.3 is 29.9 Å². The second-order valence-corrected chi connectivity index (χ2v) is 6.39. The van der Waals surface area contributed by atoms with E-state index in [0.29, 0.717) is 0 Å². The van der Waals surface area contributed by atoms with Crippen molar-refractivity contribution in [1.82, 2.24) is 0 Å². The number of aromatic hydroxyl groups is 4. The number of ketones is 1. The molecule has 0 saturated heterocycles. The largest absolute Gasteiger partial charge is 0.507 e. The molecule has 0 amide bonds. The Morgan fingerprint density at radius 2 is 1.81 bits per heavy atom. The molecule has 0 saturated carbocycles. The Balaban J connectivity index is 2.34. The highest BCUT2D eigenvalue weighted by Crippen LogP contribution is 2.43. The highest BCUT2D eigenvalue weighted by atomic mass is 79.9. The van der Waals surface area contributed by atoms with E-state index < -0.39 is 23.0 Å². The lowest BCUT2D eigenvalue weighted by Gasteiger charge is -2.08. The number of hydrogen-bond acceptors (Lipinski definition) is 7. The molecule has 3 rings (SSSR count). The van der Waals surface area contributed by atoms with Crippen LogP contribution in [0.4, 0.5) is 0 Å². The van der Waals surface area contributed by atoms with Crippen molar-refractivity contribution in [3.63, 3.8) is 0 Å².